The maximum Gasteiger partial charge on any atom is 0.241 e. The fraction of sp³-hybridized carbons (Fsp3) is 0.500. The Balaban J connectivity index is 1.40. The molecule has 3 heterocycles. The van der Waals surface area contributed by atoms with E-state index in [-0.39, 0.29) is 5.79 Å². The first-order valence-electron chi connectivity index (χ1n) is 7.82. The zero-order chi connectivity index (χ0) is 15.7. The van der Waals surface area contributed by atoms with Crippen LogP contribution in [-0.2, 0) is 16.0 Å². The van der Waals surface area contributed by atoms with E-state index in [2.05, 4.69) is 15.0 Å². The maximum absolute atomic E-state index is 6.17. The van der Waals surface area contributed by atoms with Gasteiger partial charge in [-0.1, -0.05) is 28.9 Å². The van der Waals surface area contributed by atoms with Crippen molar-refractivity contribution in [1.82, 2.24) is 15.0 Å². The van der Waals surface area contributed by atoms with Gasteiger partial charge in [0.05, 0.1) is 24.8 Å². The summed E-state index contributed by atoms with van der Waals surface area (Å²) in [5.74, 6) is 0.777. The van der Waals surface area contributed by atoms with Gasteiger partial charge in [-0.25, -0.2) is 0 Å². The van der Waals surface area contributed by atoms with Gasteiger partial charge < -0.3 is 14.0 Å². The lowest BCUT2D eigenvalue weighted by molar-refractivity contribution is -0.186. The molecule has 2 aliphatic heterocycles. The summed E-state index contributed by atoms with van der Waals surface area (Å²) in [6.45, 7) is 3.82. The fourth-order valence-electron chi connectivity index (χ4n) is 3.10. The monoisotopic (exact) mass is 335 g/mol. The second-order valence-electron chi connectivity index (χ2n) is 5.88. The summed E-state index contributed by atoms with van der Waals surface area (Å²) >= 11 is 6.17. The Kier molecular flexibility index (Phi) is 4.07. The highest BCUT2D eigenvalue weighted by molar-refractivity contribution is 6.33. The molecule has 1 aromatic carbocycles. The normalized spacial score (nSPS) is 21.1. The van der Waals surface area contributed by atoms with E-state index in [1.807, 2.05) is 24.3 Å². The van der Waals surface area contributed by atoms with Gasteiger partial charge in [0.15, 0.2) is 5.79 Å². The number of hydrogen-bond acceptors (Lipinski definition) is 6. The summed E-state index contributed by atoms with van der Waals surface area (Å²) in [6, 6.07) is 7.49. The topological polar surface area (TPSA) is 60.6 Å². The lowest BCUT2D eigenvalue weighted by Gasteiger charge is -2.36. The molecule has 23 heavy (non-hydrogen) atoms. The van der Waals surface area contributed by atoms with Crippen molar-refractivity contribution in [3.05, 3.63) is 35.2 Å². The molecule has 0 radical (unpaired) electrons. The molecule has 1 spiro atoms. The molecule has 4 rings (SSSR count). The standard InChI is InChI=1S/C16H18ClN3O3/c17-13-4-2-1-3-12(13)15-18-14(23-19-15)11-20-7-5-16(6-8-20)21-9-10-22-16/h1-4H,5-11H2. The average molecular weight is 336 g/mol. The van der Waals surface area contributed by atoms with Crippen LogP contribution in [0.25, 0.3) is 11.4 Å². The molecule has 7 heteroatoms. The second-order valence-corrected chi connectivity index (χ2v) is 6.28. The molecule has 2 aromatic rings. The van der Waals surface area contributed by atoms with E-state index in [0.717, 1.165) is 31.5 Å². The molecular weight excluding hydrogens is 318 g/mol. The molecule has 122 valence electrons. The third-order valence-corrected chi connectivity index (χ3v) is 4.70. The molecule has 0 amide bonds. The van der Waals surface area contributed by atoms with Crippen LogP contribution in [0.15, 0.2) is 28.8 Å². The van der Waals surface area contributed by atoms with Gasteiger partial charge in [-0.15, -0.1) is 0 Å². The van der Waals surface area contributed by atoms with Crippen LogP contribution in [0.2, 0.25) is 5.02 Å². The smallest absolute Gasteiger partial charge is 0.241 e. The summed E-state index contributed by atoms with van der Waals surface area (Å²) in [6.07, 6.45) is 1.75. The zero-order valence-electron chi connectivity index (χ0n) is 12.7. The number of likely N-dealkylation sites (tertiary alicyclic amines) is 1. The average Bonchev–Trinajstić information content (AvgIpc) is 3.20. The van der Waals surface area contributed by atoms with Gasteiger partial charge in [0, 0.05) is 31.5 Å². The maximum atomic E-state index is 6.17. The van der Waals surface area contributed by atoms with Crippen LogP contribution in [0.1, 0.15) is 18.7 Å². The van der Waals surface area contributed by atoms with Crippen LogP contribution in [0, 0.1) is 0 Å². The molecule has 0 unspecified atom stereocenters. The molecule has 2 fully saturated rings. The Bertz CT molecular complexity index is 675. The van der Waals surface area contributed by atoms with Crippen molar-refractivity contribution < 1.29 is 14.0 Å². The Labute approximate surface area is 139 Å². The van der Waals surface area contributed by atoms with Gasteiger partial charge >= 0.3 is 0 Å². The van der Waals surface area contributed by atoms with E-state index in [0.29, 0.717) is 36.5 Å². The largest absolute Gasteiger partial charge is 0.347 e. The second kappa shape index (κ2) is 6.20. The van der Waals surface area contributed by atoms with Gasteiger partial charge in [0.2, 0.25) is 11.7 Å². The van der Waals surface area contributed by atoms with Crippen molar-refractivity contribution in [2.45, 2.75) is 25.2 Å². The van der Waals surface area contributed by atoms with Crippen LogP contribution in [0.3, 0.4) is 0 Å². The SMILES string of the molecule is Clc1ccccc1-c1noc(CN2CCC3(CC2)OCCO3)n1. The van der Waals surface area contributed by atoms with E-state index in [9.17, 15) is 0 Å². The first-order chi connectivity index (χ1) is 11.2. The minimum absolute atomic E-state index is 0.353. The highest BCUT2D eigenvalue weighted by atomic mass is 35.5. The molecule has 1 aromatic heterocycles. The molecule has 0 aliphatic carbocycles. The first kappa shape index (κ1) is 15.1. The van der Waals surface area contributed by atoms with Crippen molar-refractivity contribution in [2.75, 3.05) is 26.3 Å². The molecule has 0 bridgehead atoms. The molecular formula is C16H18ClN3O3. The Morgan fingerprint density at radius 1 is 1.13 bits per heavy atom. The van der Waals surface area contributed by atoms with Gasteiger partial charge in [0.25, 0.3) is 0 Å². The minimum Gasteiger partial charge on any atom is -0.347 e. The van der Waals surface area contributed by atoms with E-state index in [1.165, 1.54) is 0 Å². The number of benzene rings is 1. The lowest BCUT2D eigenvalue weighted by Crippen LogP contribution is -2.44. The molecule has 2 aliphatic rings. The summed E-state index contributed by atoms with van der Waals surface area (Å²) < 4.78 is 16.9. The van der Waals surface area contributed by atoms with Gasteiger partial charge in [-0.2, -0.15) is 4.98 Å². The lowest BCUT2D eigenvalue weighted by atomic mass is 10.0. The number of piperidine rings is 1. The first-order valence-corrected chi connectivity index (χ1v) is 8.20. The van der Waals surface area contributed by atoms with E-state index in [1.54, 1.807) is 0 Å². The van der Waals surface area contributed by atoms with Gasteiger partial charge in [-0.3, -0.25) is 4.90 Å². The van der Waals surface area contributed by atoms with E-state index < -0.39 is 0 Å². The predicted octanol–water partition coefficient (Wildman–Crippen LogP) is 2.73. The van der Waals surface area contributed by atoms with Crippen molar-refractivity contribution in [3.8, 4) is 11.4 Å². The summed E-state index contributed by atoms with van der Waals surface area (Å²) in [5, 5.41) is 4.66. The highest BCUT2D eigenvalue weighted by Gasteiger charge is 2.39. The minimum atomic E-state index is -0.353. The van der Waals surface area contributed by atoms with E-state index in [4.69, 9.17) is 25.6 Å². The Morgan fingerprint density at radius 3 is 2.61 bits per heavy atom. The number of hydrogen-bond donors (Lipinski definition) is 0. The quantitative estimate of drug-likeness (QED) is 0.859. The van der Waals surface area contributed by atoms with Crippen molar-refractivity contribution in [1.29, 1.82) is 0 Å². The predicted molar refractivity (Wildman–Crippen MR) is 83.9 cm³/mol. The number of rotatable bonds is 3. The van der Waals surface area contributed by atoms with Gasteiger partial charge in [-0.05, 0) is 12.1 Å². The van der Waals surface area contributed by atoms with Crippen LogP contribution in [0.4, 0.5) is 0 Å². The molecule has 2 saturated heterocycles. The van der Waals surface area contributed by atoms with E-state index >= 15 is 0 Å². The molecule has 0 N–H and O–H groups in total. The third-order valence-electron chi connectivity index (χ3n) is 4.37. The third kappa shape index (κ3) is 3.12. The number of ether oxygens (including phenoxy) is 2. The van der Waals surface area contributed by atoms with Crippen molar-refractivity contribution >= 4 is 11.6 Å². The number of nitrogens with zero attached hydrogens (tertiary/aromatic N) is 3. The highest BCUT2D eigenvalue weighted by Crippen LogP contribution is 2.32. The van der Waals surface area contributed by atoms with Gasteiger partial charge in [0.1, 0.15) is 0 Å². The number of aromatic nitrogens is 2. The van der Waals surface area contributed by atoms with Crippen LogP contribution in [0.5, 0.6) is 0 Å². The Morgan fingerprint density at radius 2 is 1.87 bits per heavy atom. The van der Waals surface area contributed by atoms with Crippen LogP contribution >= 0.6 is 11.6 Å². The molecule has 0 atom stereocenters. The van der Waals surface area contributed by atoms with Crippen molar-refractivity contribution in [3.63, 3.8) is 0 Å². The Hall–Kier alpha value is -1.47. The number of halogens is 1. The van der Waals surface area contributed by atoms with Crippen molar-refractivity contribution in [2.24, 2.45) is 0 Å². The summed E-state index contributed by atoms with van der Waals surface area (Å²) in [5.41, 5.74) is 0.787. The van der Waals surface area contributed by atoms with Crippen LogP contribution < -0.4 is 0 Å². The van der Waals surface area contributed by atoms with Crippen LogP contribution in [-0.4, -0.2) is 47.1 Å². The fourth-order valence-corrected chi connectivity index (χ4v) is 3.32. The summed E-state index contributed by atoms with van der Waals surface area (Å²) in [4.78, 5) is 6.74. The summed E-state index contributed by atoms with van der Waals surface area (Å²) in [7, 11) is 0. The molecule has 0 saturated carbocycles. The molecule has 6 nitrogen and oxygen atoms in total. The zero-order valence-corrected chi connectivity index (χ0v) is 13.5.